The van der Waals surface area contributed by atoms with Gasteiger partial charge in [0, 0.05) is 4.47 Å². The van der Waals surface area contributed by atoms with Gasteiger partial charge in [0.05, 0.1) is 11.1 Å². The van der Waals surface area contributed by atoms with E-state index >= 15 is 0 Å². The first-order chi connectivity index (χ1) is 11.6. The normalized spacial score (nSPS) is 11.1. The first-order valence-corrected chi connectivity index (χ1v) is 8.58. The van der Waals surface area contributed by atoms with Gasteiger partial charge in [0.15, 0.2) is 0 Å². The van der Waals surface area contributed by atoms with Gasteiger partial charge in [-0.15, -0.1) is 0 Å². The number of anilines is 1. The number of carbonyl (C=O) groups excluding carboxylic acids is 1. The highest BCUT2D eigenvalue weighted by Gasteiger charge is 2.37. The molecule has 3 heteroatoms. The fourth-order valence-corrected chi connectivity index (χ4v) is 3.17. The molecule has 0 aromatic heterocycles. The summed E-state index contributed by atoms with van der Waals surface area (Å²) < 4.78 is 0.863. The Morgan fingerprint density at radius 1 is 0.792 bits per heavy atom. The Balaban J connectivity index is 2.06. The van der Waals surface area contributed by atoms with Gasteiger partial charge in [0.25, 0.3) is 0 Å². The number of amides is 1. The molecule has 0 spiro atoms. The number of halogens is 1. The summed E-state index contributed by atoms with van der Waals surface area (Å²) in [6, 6.07) is 27.4. The molecule has 0 fully saturated rings. The van der Waals surface area contributed by atoms with Crippen LogP contribution in [0.2, 0.25) is 0 Å². The van der Waals surface area contributed by atoms with E-state index in [4.69, 9.17) is 0 Å². The van der Waals surface area contributed by atoms with Crippen molar-refractivity contribution in [1.29, 1.82) is 0 Å². The van der Waals surface area contributed by atoms with E-state index in [1.807, 2.05) is 91.9 Å². The van der Waals surface area contributed by atoms with Crippen LogP contribution in [0.15, 0.2) is 89.4 Å². The molecule has 0 atom stereocenters. The van der Waals surface area contributed by atoms with Gasteiger partial charge in [0.1, 0.15) is 0 Å². The Morgan fingerprint density at radius 2 is 1.25 bits per heavy atom. The molecule has 0 bridgehead atoms. The number of carbonyl (C=O) groups is 1. The summed E-state index contributed by atoms with van der Waals surface area (Å²) in [5.41, 5.74) is 1.90. The summed E-state index contributed by atoms with van der Waals surface area (Å²) in [6.45, 7) is 1.96. The largest absolute Gasteiger partial charge is 0.324 e. The Morgan fingerprint density at radius 3 is 1.75 bits per heavy atom. The number of hydrogen-bond donors (Lipinski definition) is 1. The van der Waals surface area contributed by atoms with Gasteiger partial charge in [-0.1, -0.05) is 72.8 Å². The number of benzene rings is 3. The molecule has 0 aliphatic rings. The fourth-order valence-electron chi connectivity index (χ4n) is 2.78. The summed E-state index contributed by atoms with van der Waals surface area (Å²) in [5.74, 6) is -0.0631. The highest BCUT2D eigenvalue weighted by atomic mass is 79.9. The summed E-state index contributed by atoms with van der Waals surface area (Å²) in [4.78, 5) is 13.3. The average molecular weight is 380 g/mol. The van der Waals surface area contributed by atoms with Crippen LogP contribution < -0.4 is 5.32 Å². The molecule has 24 heavy (non-hydrogen) atoms. The Bertz CT molecular complexity index is 791. The maximum atomic E-state index is 13.3. The zero-order valence-electron chi connectivity index (χ0n) is 13.4. The lowest BCUT2D eigenvalue weighted by Gasteiger charge is -2.30. The van der Waals surface area contributed by atoms with E-state index in [0.717, 1.165) is 21.3 Å². The van der Waals surface area contributed by atoms with Crippen molar-refractivity contribution in [3.63, 3.8) is 0 Å². The van der Waals surface area contributed by atoms with Crippen molar-refractivity contribution in [2.45, 2.75) is 12.3 Å². The second-order valence-corrected chi connectivity index (χ2v) is 6.65. The van der Waals surface area contributed by atoms with Crippen molar-refractivity contribution < 1.29 is 4.79 Å². The van der Waals surface area contributed by atoms with Crippen LogP contribution in [-0.4, -0.2) is 5.91 Å². The molecule has 1 amide bonds. The topological polar surface area (TPSA) is 29.1 Å². The Hall–Kier alpha value is -2.39. The van der Waals surface area contributed by atoms with Gasteiger partial charge in [-0.2, -0.15) is 0 Å². The molecule has 0 unspecified atom stereocenters. The predicted octanol–water partition coefficient (Wildman–Crippen LogP) is 5.39. The monoisotopic (exact) mass is 379 g/mol. The molecule has 0 aliphatic heterocycles. The molecule has 0 heterocycles. The molecule has 3 aromatic carbocycles. The molecule has 120 valence electrons. The van der Waals surface area contributed by atoms with Gasteiger partial charge < -0.3 is 5.32 Å². The van der Waals surface area contributed by atoms with Crippen LogP contribution in [0.1, 0.15) is 18.1 Å². The molecule has 2 nitrogen and oxygen atoms in total. The number of para-hydroxylation sites is 1. The fraction of sp³-hybridized carbons (Fsp3) is 0.0952. The van der Waals surface area contributed by atoms with E-state index in [0.29, 0.717) is 0 Å². The van der Waals surface area contributed by atoms with Gasteiger partial charge in [-0.05, 0) is 46.1 Å². The summed E-state index contributed by atoms with van der Waals surface area (Å²) >= 11 is 3.49. The summed E-state index contributed by atoms with van der Waals surface area (Å²) in [5, 5.41) is 3.06. The number of rotatable bonds is 4. The lowest BCUT2D eigenvalue weighted by atomic mass is 9.75. The van der Waals surface area contributed by atoms with E-state index in [1.54, 1.807) is 0 Å². The Labute approximate surface area is 150 Å². The van der Waals surface area contributed by atoms with Crippen LogP contribution in [0, 0.1) is 0 Å². The van der Waals surface area contributed by atoms with Crippen molar-refractivity contribution in [3.8, 4) is 0 Å². The molecule has 0 saturated heterocycles. The van der Waals surface area contributed by atoms with Crippen LogP contribution in [0.3, 0.4) is 0 Å². The van der Waals surface area contributed by atoms with E-state index in [9.17, 15) is 4.79 Å². The number of hydrogen-bond acceptors (Lipinski definition) is 1. The average Bonchev–Trinajstić information content (AvgIpc) is 2.64. The molecule has 0 radical (unpaired) electrons. The molecule has 0 aliphatic carbocycles. The zero-order valence-corrected chi connectivity index (χ0v) is 15.0. The van der Waals surface area contributed by atoms with Crippen molar-refractivity contribution in [2.24, 2.45) is 0 Å². The summed E-state index contributed by atoms with van der Waals surface area (Å²) in [7, 11) is 0. The van der Waals surface area contributed by atoms with E-state index in [1.165, 1.54) is 0 Å². The van der Waals surface area contributed by atoms with E-state index < -0.39 is 5.41 Å². The molecule has 3 rings (SSSR count). The van der Waals surface area contributed by atoms with Crippen LogP contribution in [0.25, 0.3) is 0 Å². The van der Waals surface area contributed by atoms with Crippen LogP contribution in [0.4, 0.5) is 5.69 Å². The van der Waals surface area contributed by atoms with Crippen molar-refractivity contribution in [3.05, 3.63) is 101 Å². The van der Waals surface area contributed by atoms with Crippen LogP contribution in [0.5, 0.6) is 0 Å². The molecule has 1 N–H and O–H groups in total. The third kappa shape index (κ3) is 3.13. The van der Waals surface area contributed by atoms with Gasteiger partial charge in [0.2, 0.25) is 5.91 Å². The van der Waals surface area contributed by atoms with Crippen molar-refractivity contribution >= 4 is 27.5 Å². The first kappa shape index (κ1) is 16.5. The standard InChI is InChI=1S/C21H18BrNO/c1-21(16-10-4-2-5-11-16,17-12-6-3-7-13-17)20(24)23-19-15-9-8-14-18(19)22/h2-15H,1H3,(H,23,24). The third-order valence-electron chi connectivity index (χ3n) is 4.28. The van der Waals surface area contributed by atoms with E-state index in [-0.39, 0.29) is 5.91 Å². The quantitative estimate of drug-likeness (QED) is 0.646. The molecule has 0 saturated carbocycles. The minimum absolute atomic E-state index is 0.0631. The molecule has 3 aromatic rings. The second-order valence-electron chi connectivity index (χ2n) is 5.79. The maximum Gasteiger partial charge on any atom is 0.239 e. The van der Waals surface area contributed by atoms with Crippen molar-refractivity contribution in [1.82, 2.24) is 0 Å². The maximum absolute atomic E-state index is 13.3. The lowest BCUT2D eigenvalue weighted by Crippen LogP contribution is -2.38. The van der Waals surface area contributed by atoms with Gasteiger partial charge in [-0.25, -0.2) is 0 Å². The second kappa shape index (κ2) is 7.02. The van der Waals surface area contributed by atoms with Crippen LogP contribution in [-0.2, 0) is 10.2 Å². The molecular formula is C21H18BrNO. The first-order valence-electron chi connectivity index (χ1n) is 7.79. The van der Waals surface area contributed by atoms with Gasteiger partial charge in [-0.3, -0.25) is 4.79 Å². The smallest absolute Gasteiger partial charge is 0.239 e. The van der Waals surface area contributed by atoms with Crippen LogP contribution >= 0.6 is 15.9 Å². The minimum atomic E-state index is -0.780. The van der Waals surface area contributed by atoms with Crippen molar-refractivity contribution in [2.75, 3.05) is 5.32 Å². The highest BCUT2D eigenvalue weighted by molar-refractivity contribution is 9.10. The van der Waals surface area contributed by atoms with E-state index in [2.05, 4.69) is 21.2 Å². The third-order valence-corrected chi connectivity index (χ3v) is 4.97. The Kier molecular flexibility index (Phi) is 4.81. The minimum Gasteiger partial charge on any atom is -0.324 e. The highest BCUT2D eigenvalue weighted by Crippen LogP contribution is 2.34. The van der Waals surface area contributed by atoms with Gasteiger partial charge >= 0.3 is 0 Å². The zero-order chi connectivity index (χ0) is 17.0. The predicted molar refractivity (Wildman–Crippen MR) is 102 cm³/mol. The summed E-state index contributed by atoms with van der Waals surface area (Å²) in [6.07, 6.45) is 0. The number of nitrogens with one attached hydrogen (secondary N) is 1. The lowest BCUT2D eigenvalue weighted by molar-refractivity contribution is -0.119. The molecular weight excluding hydrogens is 362 g/mol. The SMILES string of the molecule is CC(C(=O)Nc1ccccc1Br)(c1ccccc1)c1ccccc1.